The first-order valence-electron chi connectivity index (χ1n) is 6.11. The van der Waals surface area contributed by atoms with E-state index < -0.39 is 5.60 Å². The van der Waals surface area contributed by atoms with Crippen molar-refractivity contribution in [1.29, 1.82) is 0 Å². The van der Waals surface area contributed by atoms with E-state index in [1.165, 1.54) is 12.1 Å². The number of hydrogen-bond acceptors (Lipinski definition) is 2. The van der Waals surface area contributed by atoms with Crippen LogP contribution in [0.25, 0.3) is 0 Å². The third-order valence-electron chi connectivity index (χ3n) is 3.49. The number of benzene rings is 1. The van der Waals surface area contributed by atoms with Crippen molar-refractivity contribution in [2.45, 2.75) is 38.4 Å². The van der Waals surface area contributed by atoms with Crippen LogP contribution in [0.3, 0.4) is 0 Å². The van der Waals surface area contributed by atoms with Gasteiger partial charge in [-0.3, -0.25) is 0 Å². The number of rotatable bonds is 2. The van der Waals surface area contributed by atoms with Crippen LogP contribution in [0.15, 0.2) is 24.3 Å². The first kappa shape index (κ1) is 12.5. The molecule has 0 spiro atoms. The molecule has 1 aromatic carbocycles. The summed E-state index contributed by atoms with van der Waals surface area (Å²) >= 11 is 0. The maximum Gasteiger partial charge on any atom is 0.123 e. The zero-order valence-corrected chi connectivity index (χ0v) is 10.3. The highest BCUT2D eigenvalue weighted by molar-refractivity contribution is 5.24. The summed E-state index contributed by atoms with van der Waals surface area (Å²) in [5.41, 5.74) is -0.290. The Kier molecular flexibility index (Phi) is 3.50. The molecule has 1 heterocycles. The zero-order valence-electron chi connectivity index (χ0n) is 10.3. The van der Waals surface area contributed by atoms with Crippen molar-refractivity contribution in [3.8, 4) is 0 Å². The summed E-state index contributed by atoms with van der Waals surface area (Å²) < 4.78 is 18.8. The molecule has 2 nitrogen and oxygen atoms in total. The van der Waals surface area contributed by atoms with E-state index >= 15 is 0 Å². The van der Waals surface area contributed by atoms with Crippen LogP contribution < -0.4 is 0 Å². The number of hydrogen-bond donors (Lipinski definition) is 1. The molecule has 0 radical (unpaired) electrons. The molecule has 1 N–H and O–H groups in total. The van der Waals surface area contributed by atoms with Gasteiger partial charge < -0.3 is 9.84 Å². The molecule has 1 saturated heterocycles. The molecule has 17 heavy (non-hydrogen) atoms. The third-order valence-corrected chi connectivity index (χ3v) is 3.49. The van der Waals surface area contributed by atoms with Gasteiger partial charge >= 0.3 is 0 Å². The fraction of sp³-hybridized carbons (Fsp3) is 0.571. The van der Waals surface area contributed by atoms with Gasteiger partial charge in [-0.1, -0.05) is 26.0 Å². The smallest absolute Gasteiger partial charge is 0.123 e. The lowest BCUT2D eigenvalue weighted by Crippen LogP contribution is -2.40. The second kappa shape index (κ2) is 4.75. The highest BCUT2D eigenvalue weighted by Gasteiger charge is 2.37. The Bertz CT molecular complexity index is 392. The molecule has 1 aliphatic heterocycles. The molecule has 0 amide bonds. The fourth-order valence-corrected chi connectivity index (χ4v) is 2.34. The van der Waals surface area contributed by atoms with Gasteiger partial charge in [-0.2, -0.15) is 0 Å². The average Bonchev–Trinajstić information content (AvgIpc) is 2.29. The van der Waals surface area contributed by atoms with Crippen molar-refractivity contribution >= 4 is 0 Å². The lowest BCUT2D eigenvalue weighted by Gasteiger charge is -2.38. The topological polar surface area (TPSA) is 29.5 Å². The lowest BCUT2D eigenvalue weighted by atomic mass is 9.81. The summed E-state index contributed by atoms with van der Waals surface area (Å²) in [6, 6.07) is 6.24. The molecule has 2 unspecified atom stereocenters. The average molecular weight is 238 g/mol. The van der Waals surface area contributed by atoms with E-state index in [0.717, 1.165) is 0 Å². The van der Waals surface area contributed by atoms with E-state index in [1.807, 2.05) is 0 Å². The quantitative estimate of drug-likeness (QED) is 0.858. The SMILES string of the molecule is CC(C)C1CC(O)(c2cccc(F)c2)CCO1. The van der Waals surface area contributed by atoms with Crippen molar-refractivity contribution in [3.63, 3.8) is 0 Å². The molecular formula is C14H19FO2. The van der Waals surface area contributed by atoms with Crippen molar-refractivity contribution in [2.75, 3.05) is 6.61 Å². The van der Waals surface area contributed by atoms with Gasteiger partial charge in [0.2, 0.25) is 0 Å². The monoisotopic (exact) mass is 238 g/mol. The number of halogens is 1. The van der Waals surface area contributed by atoms with Crippen LogP contribution >= 0.6 is 0 Å². The second-order valence-corrected chi connectivity index (χ2v) is 5.15. The molecule has 1 aromatic rings. The van der Waals surface area contributed by atoms with Gasteiger partial charge in [0.05, 0.1) is 18.3 Å². The van der Waals surface area contributed by atoms with Crippen LogP contribution in [0.1, 0.15) is 32.3 Å². The summed E-state index contributed by atoms with van der Waals surface area (Å²) in [6.45, 7) is 4.67. The predicted octanol–water partition coefficient (Wildman–Crippen LogP) is 2.85. The van der Waals surface area contributed by atoms with E-state index in [4.69, 9.17) is 4.74 Å². The molecule has 2 rings (SSSR count). The van der Waals surface area contributed by atoms with Crippen LogP contribution in [0.5, 0.6) is 0 Å². The van der Waals surface area contributed by atoms with Crippen molar-refractivity contribution in [1.82, 2.24) is 0 Å². The maximum atomic E-state index is 13.2. The van der Waals surface area contributed by atoms with E-state index in [2.05, 4.69) is 13.8 Å². The minimum atomic E-state index is -0.949. The van der Waals surface area contributed by atoms with Gasteiger partial charge in [-0.05, 0) is 23.6 Å². The first-order valence-corrected chi connectivity index (χ1v) is 6.11. The molecule has 0 bridgehead atoms. The summed E-state index contributed by atoms with van der Waals surface area (Å²) in [4.78, 5) is 0. The Morgan fingerprint density at radius 3 is 2.88 bits per heavy atom. The molecule has 0 aromatic heterocycles. The molecule has 2 atom stereocenters. The van der Waals surface area contributed by atoms with Gasteiger partial charge in [-0.25, -0.2) is 4.39 Å². The summed E-state index contributed by atoms with van der Waals surface area (Å²) in [5, 5.41) is 10.6. The minimum absolute atomic E-state index is 0.0389. The van der Waals surface area contributed by atoms with E-state index in [0.29, 0.717) is 30.9 Å². The molecular weight excluding hydrogens is 219 g/mol. The third kappa shape index (κ3) is 2.67. The molecule has 0 saturated carbocycles. The van der Waals surface area contributed by atoms with Crippen molar-refractivity contribution < 1.29 is 14.2 Å². The van der Waals surface area contributed by atoms with Crippen LogP contribution in [-0.4, -0.2) is 17.8 Å². The van der Waals surface area contributed by atoms with E-state index in [-0.39, 0.29) is 11.9 Å². The Morgan fingerprint density at radius 1 is 1.47 bits per heavy atom. The number of ether oxygens (including phenoxy) is 1. The maximum absolute atomic E-state index is 13.2. The summed E-state index contributed by atoms with van der Waals surface area (Å²) in [6.07, 6.45) is 1.10. The fourth-order valence-electron chi connectivity index (χ4n) is 2.34. The largest absolute Gasteiger partial charge is 0.385 e. The molecule has 1 aliphatic rings. The standard InChI is InChI=1S/C14H19FO2/c1-10(2)13-9-14(16,6-7-17-13)11-4-3-5-12(15)8-11/h3-5,8,10,13,16H,6-7,9H2,1-2H3. The normalized spacial score (nSPS) is 29.6. The Balaban J connectivity index is 2.23. The Hall–Kier alpha value is -0.930. The van der Waals surface area contributed by atoms with Gasteiger partial charge in [0, 0.05) is 12.8 Å². The van der Waals surface area contributed by atoms with E-state index in [9.17, 15) is 9.50 Å². The van der Waals surface area contributed by atoms with Crippen molar-refractivity contribution in [2.24, 2.45) is 5.92 Å². The Labute approximate surface area is 101 Å². The highest BCUT2D eigenvalue weighted by Crippen LogP contribution is 2.36. The second-order valence-electron chi connectivity index (χ2n) is 5.15. The van der Waals surface area contributed by atoms with Crippen LogP contribution in [0, 0.1) is 11.7 Å². The summed E-state index contributed by atoms with van der Waals surface area (Å²) in [5.74, 6) is 0.0545. The van der Waals surface area contributed by atoms with Gasteiger partial charge in [-0.15, -0.1) is 0 Å². The minimum Gasteiger partial charge on any atom is -0.385 e. The molecule has 3 heteroatoms. The van der Waals surface area contributed by atoms with Crippen molar-refractivity contribution in [3.05, 3.63) is 35.6 Å². The Morgan fingerprint density at radius 2 is 2.24 bits per heavy atom. The molecule has 94 valence electrons. The van der Waals surface area contributed by atoms with E-state index in [1.54, 1.807) is 12.1 Å². The highest BCUT2D eigenvalue weighted by atomic mass is 19.1. The van der Waals surface area contributed by atoms with Gasteiger partial charge in [0.15, 0.2) is 0 Å². The summed E-state index contributed by atoms with van der Waals surface area (Å²) in [7, 11) is 0. The first-order chi connectivity index (χ1) is 8.01. The lowest BCUT2D eigenvalue weighted by molar-refractivity contribution is -0.121. The molecule has 1 fully saturated rings. The number of aliphatic hydroxyl groups is 1. The predicted molar refractivity (Wildman–Crippen MR) is 64.1 cm³/mol. The van der Waals surface area contributed by atoms with Crippen LogP contribution in [0.2, 0.25) is 0 Å². The van der Waals surface area contributed by atoms with Gasteiger partial charge in [0.1, 0.15) is 5.82 Å². The van der Waals surface area contributed by atoms with Crippen LogP contribution in [-0.2, 0) is 10.3 Å². The van der Waals surface area contributed by atoms with Gasteiger partial charge in [0.25, 0.3) is 0 Å². The van der Waals surface area contributed by atoms with Crippen LogP contribution in [0.4, 0.5) is 4.39 Å². The molecule has 0 aliphatic carbocycles. The zero-order chi connectivity index (χ0) is 12.5.